The number of ether oxygens (including phenoxy) is 4. The summed E-state index contributed by atoms with van der Waals surface area (Å²) in [4.78, 5) is 23.2. The molecule has 0 aromatic rings. The van der Waals surface area contributed by atoms with Gasteiger partial charge < -0.3 is 35.4 Å². The van der Waals surface area contributed by atoms with Gasteiger partial charge in [-0.1, -0.05) is 6.58 Å². The topological polar surface area (TPSA) is 108 Å². The number of carbonyl (C=O) groups is 2. The molecule has 0 bridgehead atoms. The van der Waals surface area contributed by atoms with E-state index in [1.54, 1.807) is 20.6 Å². The number of unbranched alkanes of at least 4 members (excludes halogenated alkanes) is 1. The predicted molar refractivity (Wildman–Crippen MR) is 193 cm³/mol. The Morgan fingerprint density at radius 3 is 1.85 bits per heavy atom. The molecule has 2 unspecified atom stereocenters. The van der Waals surface area contributed by atoms with E-state index < -0.39 is 66.9 Å². The van der Waals surface area contributed by atoms with Crippen molar-refractivity contribution in [3.8, 4) is 0 Å². The Labute approximate surface area is 292 Å². The first-order valence-corrected chi connectivity index (χ1v) is 31.1. The lowest BCUT2D eigenvalue weighted by Gasteiger charge is -2.44. The molecule has 0 amide bonds. The fraction of sp³-hybridized carbons (Fsp3) is 0.867. The second-order valence-electron chi connectivity index (χ2n) is 14.5. The van der Waals surface area contributed by atoms with Gasteiger partial charge >= 0.3 is 43.8 Å². The molecule has 10 nitrogen and oxygen atoms in total. The van der Waals surface area contributed by atoms with Crippen LogP contribution >= 0.6 is 0 Å². The highest BCUT2D eigenvalue weighted by Crippen LogP contribution is 2.35. The molecule has 0 fully saturated rings. The summed E-state index contributed by atoms with van der Waals surface area (Å²) in [6.07, 6.45) is -2.68. The minimum absolute atomic E-state index is 0.0899. The molecule has 0 saturated carbocycles. The molecular formula is C30H63F3O10Si5. The molecule has 0 aliphatic carbocycles. The Hall–Kier alpha value is -0.686. The summed E-state index contributed by atoms with van der Waals surface area (Å²) in [5, 5.41) is 0. The fourth-order valence-electron chi connectivity index (χ4n) is 5.17. The van der Waals surface area contributed by atoms with E-state index in [1.807, 2.05) is 32.7 Å². The van der Waals surface area contributed by atoms with Crippen LogP contribution < -0.4 is 0 Å². The third-order valence-electron chi connectivity index (χ3n) is 6.69. The molecule has 18 heteroatoms. The summed E-state index contributed by atoms with van der Waals surface area (Å²) in [6.45, 7) is 24.3. The van der Waals surface area contributed by atoms with Gasteiger partial charge in [0.15, 0.2) is 16.6 Å². The van der Waals surface area contributed by atoms with E-state index in [0.29, 0.717) is 43.7 Å². The van der Waals surface area contributed by atoms with Crippen molar-refractivity contribution in [2.45, 2.75) is 129 Å². The van der Waals surface area contributed by atoms with Crippen LogP contribution in [0.3, 0.4) is 0 Å². The van der Waals surface area contributed by atoms with Crippen LogP contribution in [-0.4, -0.2) is 101 Å². The fourth-order valence-corrected chi connectivity index (χ4v) is 29.9. The summed E-state index contributed by atoms with van der Waals surface area (Å²) in [5.74, 6) is -0.905. The van der Waals surface area contributed by atoms with Crippen molar-refractivity contribution in [1.29, 1.82) is 0 Å². The Bertz CT molecular complexity index is 982. The lowest BCUT2D eigenvalue weighted by Crippen LogP contribution is -2.60. The van der Waals surface area contributed by atoms with Crippen LogP contribution in [-0.2, 0) is 45.0 Å². The summed E-state index contributed by atoms with van der Waals surface area (Å²) < 4.78 is 88.3. The molecule has 0 radical (unpaired) electrons. The number of hydrogen-bond donors (Lipinski definition) is 0. The van der Waals surface area contributed by atoms with E-state index in [1.165, 1.54) is 0 Å². The van der Waals surface area contributed by atoms with E-state index in [0.717, 1.165) is 12.8 Å². The Balaban J connectivity index is 5.27. The van der Waals surface area contributed by atoms with Crippen molar-refractivity contribution >= 4 is 54.3 Å². The third-order valence-corrected chi connectivity index (χ3v) is 26.2. The lowest BCUT2D eigenvalue weighted by molar-refractivity contribution is -0.147. The first-order chi connectivity index (χ1) is 21.8. The van der Waals surface area contributed by atoms with Gasteiger partial charge in [-0.05, 0) is 110 Å². The van der Waals surface area contributed by atoms with Gasteiger partial charge in [0.2, 0.25) is 0 Å². The molecule has 0 aliphatic heterocycles. The van der Waals surface area contributed by atoms with Crippen LogP contribution in [0.1, 0.15) is 45.4 Å². The molecule has 48 heavy (non-hydrogen) atoms. The van der Waals surface area contributed by atoms with E-state index in [2.05, 4.69) is 26.2 Å². The van der Waals surface area contributed by atoms with Gasteiger partial charge in [-0.25, -0.2) is 4.79 Å². The van der Waals surface area contributed by atoms with Crippen molar-refractivity contribution in [2.75, 3.05) is 40.1 Å². The molecule has 0 heterocycles. The number of alkyl halides is 3. The van der Waals surface area contributed by atoms with E-state index >= 15 is 0 Å². The van der Waals surface area contributed by atoms with Crippen molar-refractivity contribution < 1.29 is 58.2 Å². The number of carbonyl (C=O) groups excluding carboxylic acids is 2. The van der Waals surface area contributed by atoms with E-state index in [4.69, 9.17) is 35.4 Å². The van der Waals surface area contributed by atoms with E-state index in [-0.39, 0.29) is 32.3 Å². The quantitative estimate of drug-likeness (QED) is 0.0351. The molecule has 0 aromatic carbocycles. The van der Waals surface area contributed by atoms with Gasteiger partial charge in [0.1, 0.15) is 6.61 Å². The van der Waals surface area contributed by atoms with Crippen molar-refractivity contribution in [1.82, 2.24) is 0 Å². The Morgan fingerprint density at radius 1 is 0.667 bits per heavy atom. The zero-order valence-electron chi connectivity index (χ0n) is 31.3. The van der Waals surface area contributed by atoms with Gasteiger partial charge in [-0.15, -0.1) is 0 Å². The summed E-state index contributed by atoms with van der Waals surface area (Å²) in [7, 11) is -11.9. The number of hydrogen-bond acceptors (Lipinski definition) is 10. The number of rotatable bonds is 27. The van der Waals surface area contributed by atoms with Gasteiger partial charge in [-0.3, -0.25) is 4.79 Å². The average molecular weight is 781 g/mol. The summed E-state index contributed by atoms with van der Waals surface area (Å²) >= 11 is 0. The smallest absolute Gasteiger partial charge is 0.389 e. The first-order valence-electron chi connectivity index (χ1n) is 16.7. The molecule has 0 aromatic heterocycles. The highest BCUT2D eigenvalue weighted by Gasteiger charge is 2.50. The highest BCUT2D eigenvalue weighted by molar-refractivity contribution is 6.91. The molecule has 284 valence electrons. The zero-order chi connectivity index (χ0) is 37.3. The maximum absolute atomic E-state index is 13.5. The Morgan fingerprint density at radius 2 is 1.29 bits per heavy atom. The predicted octanol–water partition coefficient (Wildman–Crippen LogP) is 8.17. The highest BCUT2D eigenvalue weighted by atomic mass is 28.5. The number of methoxy groups -OCH3 is 1. The maximum Gasteiger partial charge on any atom is 0.389 e. The number of esters is 2. The Kier molecular flexibility index (Phi) is 21.3. The minimum Gasteiger partial charge on any atom is -0.463 e. The van der Waals surface area contributed by atoms with Gasteiger partial charge in [0, 0.05) is 38.7 Å². The number of halogens is 3. The van der Waals surface area contributed by atoms with Crippen molar-refractivity contribution in [3.05, 3.63) is 12.2 Å². The van der Waals surface area contributed by atoms with Gasteiger partial charge in [0.25, 0.3) is 0 Å². The maximum atomic E-state index is 13.5. The van der Waals surface area contributed by atoms with Crippen LogP contribution in [0.15, 0.2) is 12.2 Å². The van der Waals surface area contributed by atoms with Crippen LogP contribution in [0, 0.1) is 0 Å². The van der Waals surface area contributed by atoms with Crippen molar-refractivity contribution in [3.63, 3.8) is 0 Å². The first kappa shape index (κ1) is 47.3. The third kappa shape index (κ3) is 25.3. The second kappa shape index (κ2) is 21.6. The van der Waals surface area contributed by atoms with Crippen molar-refractivity contribution in [2.24, 2.45) is 0 Å². The minimum atomic E-state index is -4.34. The molecule has 2 atom stereocenters. The lowest BCUT2D eigenvalue weighted by atomic mass is 10.3. The molecule has 0 spiro atoms. The molecule has 0 saturated heterocycles. The van der Waals surface area contributed by atoms with E-state index in [9.17, 15) is 22.8 Å². The molecule has 0 aliphatic rings. The standard InChI is InChI=1S/C30H63F3O10Si5/c1-27(2)29(35)39-21-15-17-28(34)38-23-22-37-20-16-24-45(7,8)41-48(12,26-18-30(31,32)33)43-47(11,25-14-13-19-36-3)42-46(9,10)40-44(4,5)6/h1,13-26H2,2-12H3. The van der Waals surface area contributed by atoms with Crippen LogP contribution in [0.25, 0.3) is 0 Å². The summed E-state index contributed by atoms with van der Waals surface area (Å²) in [6, 6.07) is 1.04. The normalized spacial score (nSPS) is 15.5. The monoisotopic (exact) mass is 780 g/mol. The van der Waals surface area contributed by atoms with Gasteiger partial charge in [-0.2, -0.15) is 13.2 Å². The molecule has 0 N–H and O–H groups in total. The van der Waals surface area contributed by atoms with Crippen LogP contribution in [0.4, 0.5) is 13.2 Å². The molecule has 0 rings (SSSR count). The van der Waals surface area contributed by atoms with Gasteiger partial charge in [0.05, 0.1) is 13.2 Å². The average Bonchev–Trinajstić information content (AvgIpc) is 2.89. The van der Waals surface area contributed by atoms with Crippen LogP contribution in [0.5, 0.6) is 0 Å². The largest absolute Gasteiger partial charge is 0.463 e. The summed E-state index contributed by atoms with van der Waals surface area (Å²) in [5.41, 5.74) is 0.297. The van der Waals surface area contributed by atoms with Crippen LogP contribution in [0.2, 0.25) is 77.1 Å². The molecular weight excluding hydrogens is 718 g/mol. The SMILES string of the molecule is C=C(C)C(=O)OCCCC(=O)OCCOCCC[Si](C)(C)O[Si](C)(CCC(F)(F)F)O[Si](C)(CCCCOC)O[Si](C)(C)O[Si](C)(C)C. The second-order valence-corrected chi connectivity index (χ2v) is 34.3. The zero-order valence-corrected chi connectivity index (χ0v) is 36.3.